The number of likely N-dealkylation sites (N-methyl/N-ethyl adjacent to an activating group) is 1. The van der Waals surface area contributed by atoms with Crippen molar-refractivity contribution in [1.82, 2.24) is 15.1 Å². The Morgan fingerprint density at radius 1 is 1.00 bits per heavy atom. The fourth-order valence-electron chi connectivity index (χ4n) is 3.19. The maximum Gasteiger partial charge on any atom is 0.407 e. The maximum atomic E-state index is 12.8. The Balaban J connectivity index is 1.55. The fourth-order valence-corrected chi connectivity index (χ4v) is 4.14. The van der Waals surface area contributed by atoms with Crippen LogP contribution in [0.15, 0.2) is 65.6 Å². The summed E-state index contributed by atoms with van der Waals surface area (Å²) >= 11 is 1.62. The summed E-state index contributed by atoms with van der Waals surface area (Å²) in [5.41, 5.74) is 0.927. The van der Waals surface area contributed by atoms with Gasteiger partial charge in [-0.1, -0.05) is 48.5 Å². The molecule has 6 nitrogen and oxygen atoms in total. The van der Waals surface area contributed by atoms with E-state index in [0.29, 0.717) is 5.75 Å². The third-order valence-electron chi connectivity index (χ3n) is 5.01. The highest BCUT2D eigenvalue weighted by Gasteiger charge is 2.24. The molecule has 0 spiro atoms. The molecule has 1 N–H and O–H groups in total. The van der Waals surface area contributed by atoms with Gasteiger partial charge in [-0.2, -0.15) is 0 Å². The molecule has 0 saturated carbocycles. The number of piperazine rings is 1. The van der Waals surface area contributed by atoms with E-state index in [-0.39, 0.29) is 25.0 Å². The summed E-state index contributed by atoms with van der Waals surface area (Å²) in [7, 11) is 2.06. The van der Waals surface area contributed by atoms with Gasteiger partial charge in [-0.05, 0) is 24.7 Å². The second-order valence-corrected chi connectivity index (χ2v) is 8.51. The zero-order valence-electron chi connectivity index (χ0n) is 17.3. The average Bonchev–Trinajstić information content (AvgIpc) is 2.78. The molecule has 1 heterocycles. The number of carbonyl (C=O) groups is 2. The van der Waals surface area contributed by atoms with E-state index in [4.69, 9.17) is 4.74 Å². The first-order chi connectivity index (χ1) is 14.6. The van der Waals surface area contributed by atoms with Crippen molar-refractivity contribution in [3.8, 4) is 0 Å². The highest BCUT2D eigenvalue weighted by Crippen LogP contribution is 2.19. The molecule has 2 aromatic rings. The molecule has 1 atom stereocenters. The largest absolute Gasteiger partial charge is 0.445 e. The smallest absolute Gasteiger partial charge is 0.407 e. The van der Waals surface area contributed by atoms with Crippen LogP contribution in [0.25, 0.3) is 0 Å². The summed E-state index contributed by atoms with van der Waals surface area (Å²) < 4.78 is 5.36. The first-order valence-electron chi connectivity index (χ1n) is 10.2. The topological polar surface area (TPSA) is 61.9 Å². The molecule has 2 aromatic carbocycles. The lowest BCUT2D eigenvalue weighted by atomic mass is 10.2. The van der Waals surface area contributed by atoms with Crippen LogP contribution in [-0.2, 0) is 16.1 Å². The van der Waals surface area contributed by atoms with E-state index in [1.54, 1.807) is 11.8 Å². The fraction of sp³-hybridized carbons (Fsp3) is 0.391. The van der Waals surface area contributed by atoms with Crippen molar-refractivity contribution in [2.75, 3.05) is 39.0 Å². The van der Waals surface area contributed by atoms with Gasteiger partial charge in [-0.15, -0.1) is 11.8 Å². The molecule has 0 aliphatic carbocycles. The minimum Gasteiger partial charge on any atom is -0.445 e. The highest BCUT2D eigenvalue weighted by molar-refractivity contribution is 7.99. The molecule has 7 heteroatoms. The number of alkyl carbamates (subject to hydrolysis) is 1. The molecule has 1 aliphatic rings. The van der Waals surface area contributed by atoms with Gasteiger partial charge in [0.1, 0.15) is 6.61 Å². The maximum absolute atomic E-state index is 12.8. The number of amides is 2. The number of hydrogen-bond donors (Lipinski definition) is 1. The molecule has 160 valence electrons. The second-order valence-electron chi connectivity index (χ2n) is 7.42. The number of nitrogens with one attached hydrogen (secondary N) is 1. The van der Waals surface area contributed by atoms with Gasteiger partial charge in [-0.3, -0.25) is 4.79 Å². The van der Waals surface area contributed by atoms with Gasteiger partial charge in [0.25, 0.3) is 0 Å². The Morgan fingerprint density at radius 2 is 1.63 bits per heavy atom. The minimum atomic E-state index is -0.497. The van der Waals surface area contributed by atoms with Gasteiger partial charge >= 0.3 is 6.09 Å². The highest BCUT2D eigenvalue weighted by atomic mass is 32.2. The molecule has 0 bridgehead atoms. The average molecular weight is 428 g/mol. The van der Waals surface area contributed by atoms with Crippen molar-refractivity contribution < 1.29 is 14.3 Å². The molecule has 30 heavy (non-hydrogen) atoms. The summed E-state index contributed by atoms with van der Waals surface area (Å²) in [6.07, 6.45) is -0.229. The van der Waals surface area contributed by atoms with E-state index in [9.17, 15) is 9.59 Å². The molecule has 1 saturated heterocycles. The minimum absolute atomic E-state index is 0.0742. The molecular weight excluding hydrogens is 398 g/mol. The van der Waals surface area contributed by atoms with Crippen LogP contribution < -0.4 is 5.32 Å². The van der Waals surface area contributed by atoms with Crippen LogP contribution in [0, 0.1) is 0 Å². The van der Waals surface area contributed by atoms with Crippen molar-refractivity contribution in [3.05, 3.63) is 66.2 Å². The summed E-state index contributed by atoms with van der Waals surface area (Å²) in [6, 6.07) is 19.2. The number of hydrogen-bond acceptors (Lipinski definition) is 5. The second kappa shape index (κ2) is 11.6. The van der Waals surface area contributed by atoms with Crippen LogP contribution in [0.4, 0.5) is 4.79 Å². The van der Waals surface area contributed by atoms with E-state index >= 15 is 0 Å². The quantitative estimate of drug-likeness (QED) is 0.656. The van der Waals surface area contributed by atoms with Crippen molar-refractivity contribution in [1.29, 1.82) is 0 Å². The Kier molecular flexibility index (Phi) is 8.59. The van der Waals surface area contributed by atoms with Gasteiger partial charge in [-0.25, -0.2) is 4.79 Å². The van der Waals surface area contributed by atoms with E-state index in [1.807, 2.05) is 65.6 Å². The number of rotatable bonds is 8. The van der Waals surface area contributed by atoms with Crippen molar-refractivity contribution >= 4 is 23.8 Å². The monoisotopic (exact) mass is 427 g/mol. The number of thioether (sulfide) groups is 1. The Hall–Kier alpha value is -2.51. The first-order valence-corrected chi connectivity index (χ1v) is 11.2. The SMILES string of the molecule is CN1CCN(C(=O)C[C@H](CSc2ccccc2)NC(=O)OCc2ccccc2)CC1. The Bertz CT molecular complexity index is 796. The Morgan fingerprint density at radius 3 is 2.30 bits per heavy atom. The van der Waals surface area contributed by atoms with Crippen LogP contribution in [0.2, 0.25) is 0 Å². The summed E-state index contributed by atoms with van der Waals surface area (Å²) in [5.74, 6) is 0.675. The van der Waals surface area contributed by atoms with Gasteiger partial charge in [0.15, 0.2) is 0 Å². The van der Waals surface area contributed by atoms with E-state index in [0.717, 1.165) is 36.6 Å². The molecule has 0 aromatic heterocycles. The van der Waals surface area contributed by atoms with Gasteiger partial charge in [0, 0.05) is 43.2 Å². The normalized spacial score (nSPS) is 15.4. The summed E-state index contributed by atoms with van der Waals surface area (Å²) in [4.78, 5) is 30.4. The predicted octanol–water partition coefficient (Wildman–Crippen LogP) is 3.24. The van der Waals surface area contributed by atoms with Crippen molar-refractivity contribution in [3.63, 3.8) is 0 Å². The Labute approximate surface area is 182 Å². The number of ether oxygens (including phenoxy) is 1. The van der Waals surface area contributed by atoms with Crippen LogP contribution in [-0.4, -0.2) is 66.8 Å². The van der Waals surface area contributed by atoms with Crippen LogP contribution in [0.5, 0.6) is 0 Å². The number of carbonyl (C=O) groups excluding carboxylic acids is 2. The zero-order chi connectivity index (χ0) is 21.2. The third kappa shape index (κ3) is 7.39. The molecule has 1 aliphatic heterocycles. The lowest BCUT2D eigenvalue weighted by Crippen LogP contribution is -2.49. The van der Waals surface area contributed by atoms with Gasteiger partial charge in [0.2, 0.25) is 5.91 Å². The summed E-state index contributed by atoms with van der Waals surface area (Å²) in [5, 5.41) is 2.90. The molecule has 3 rings (SSSR count). The van der Waals surface area contributed by atoms with E-state index in [2.05, 4.69) is 17.3 Å². The molecule has 1 fully saturated rings. The standard InChI is InChI=1S/C23H29N3O3S/c1-25-12-14-26(15-13-25)22(27)16-20(18-30-21-10-6-3-7-11-21)24-23(28)29-17-19-8-4-2-5-9-19/h2-11,20H,12-18H2,1H3,(H,24,28)/t20-/m1/s1. The molecule has 0 unspecified atom stereocenters. The van der Waals surface area contributed by atoms with Crippen LogP contribution >= 0.6 is 11.8 Å². The van der Waals surface area contributed by atoms with E-state index in [1.165, 1.54) is 0 Å². The molecular formula is C23H29N3O3S. The predicted molar refractivity (Wildman–Crippen MR) is 119 cm³/mol. The van der Waals surface area contributed by atoms with Gasteiger partial charge < -0.3 is 19.9 Å². The van der Waals surface area contributed by atoms with Crippen LogP contribution in [0.1, 0.15) is 12.0 Å². The zero-order valence-corrected chi connectivity index (χ0v) is 18.1. The number of benzene rings is 2. The lowest BCUT2D eigenvalue weighted by Gasteiger charge is -2.33. The van der Waals surface area contributed by atoms with Crippen LogP contribution in [0.3, 0.4) is 0 Å². The lowest BCUT2D eigenvalue weighted by molar-refractivity contribution is -0.133. The van der Waals surface area contributed by atoms with Crippen molar-refractivity contribution in [2.24, 2.45) is 0 Å². The third-order valence-corrected chi connectivity index (χ3v) is 6.18. The first kappa shape index (κ1) is 22.2. The van der Waals surface area contributed by atoms with E-state index < -0.39 is 6.09 Å². The summed E-state index contributed by atoms with van der Waals surface area (Å²) in [6.45, 7) is 3.42. The molecule has 2 amide bonds. The van der Waals surface area contributed by atoms with Gasteiger partial charge in [0.05, 0.1) is 6.04 Å². The molecule has 0 radical (unpaired) electrons. The number of nitrogens with zero attached hydrogens (tertiary/aromatic N) is 2. The van der Waals surface area contributed by atoms with Crippen molar-refractivity contribution in [2.45, 2.75) is 24.0 Å².